The maximum Gasteiger partial charge on any atom is 0.254 e. The van der Waals surface area contributed by atoms with E-state index in [1.165, 1.54) is 10.4 Å². The molecular weight excluding hydrogens is 362 g/mol. The molecule has 6 nitrogen and oxygen atoms in total. The summed E-state index contributed by atoms with van der Waals surface area (Å²) in [5.74, 6) is 0.219. The zero-order valence-electron chi connectivity index (χ0n) is 15.1. The summed E-state index contributed by atoms with van der Waals surface area (Å²) in [7, 11) is -3.57. The molecule has 1 heterocycles. The lowest BCUT2D eigenvalue weighted by Crippen LogP contribution is -2.32. The first kappa shape index (κ1) is 21.9. The number of halogens is 1. The number of rotatable bonds is 6. The van der Waals surface area contributed by atoms with Gasteiger partial charge in [0.25, 0.3) is 5.91 Å². The van der Waals surface area contributed by atoms with Crippen molar-refractivity contribution in [1.29, 1.82) is 0 Å². The maximum atomic E-state index is 12.8. The third-order valence-electron chi connectivity index (χ3n) is 4.69. The number of nitrogens with zero attached hydrogens (tertiary/aromatic N) is 2. The van der Waals surface area contributed by atoms with Gasteiger partial charge in [-0.3, -0.25) is 4.79 Å². The van der Waals surface area contributed by atoms with Crippen LogP contribution in [0.3, 0.4) is 0 Å². The summed E-state index contributed by atoms with van der Waals surface area (Å²) < 4.78 is 26.8. The number of benzene rings is 1. The Hall–Kier alpha value is -1.15. The fraction of sp³-hybridized carbons (Fsp3) is 0.588. The highest BCUT2D eigenvalue weighted by Crippen LogP contribution is 2.23. The zero-order chi connectivity index (χ0) is 17.9. The van der Waals surface area contributed by atoms with Gasteiger partial charge in [-0.25, -0.2) is 8.42 Å². The van der Waals surface area contributed by atoms with Crippen molar-refractivity contribution in [3.63, 3.8) is 0 Å². The van der Waals surface area contributed by atoms with Crippen molar-refractivity contribution in [1.82, 2.24) is 9.21 Å². The first-order valence-corrected chi connectivity index (χ1v) is 9.89. The van der Waals surface area contributed by atoms with Crippen molar-refractivity contribution in [2.24, 2.45) is 11.7 Å². The summed E-state index contributed by atoms with van der Waals surface area (Å²) in [4.78, 5) is 14.7. The summed E-state index contributed by atoms with van der Waals surface area (Å²) >= 11 is 0. The molecule has 0 bridgehead atoms. The van der Waals surface area contributed by atoms with E-state index in [-0.39, 0.29) is 23.2 Å². The van der Waals surface area contributed by atoms with Crippen LogP contribution >= 0.6 is 12.4 Å². The summed E-state index contributed by atoms with van der Waals surface area (Å²) in [5, 5.41) is 0. The molecule has 142 valence electrons. The lowest BCUT2D eigenvalue weighted by molar-refractivity contribution is 0.0786. The molecule has 1 aromatic rings. The van der Waals surface area contributed by atoms with Crippen LogP contribution in [-0.2, 0) is 10.0 Å². The minimum Gasteiger partial charge on any atom is -0.338 e. The quantitative estimate of drug-likeness (QED) is 0.804. The van der Waals surface area contributed by atoms with Crippen LogP contribution < -0.4 is 5.73 Å². The van der Waals surface area contributed by atoms with Gasteiger partial charge in [0.1, 0.15) is 0 Å². The van der Waals surface area contributed by atoms with Crippen LogP contribution in [0.15, 0.2) is 23.1 Å². The number of likely N-dealkylation sites (tertiary alicyclic amines) is 1. The molecule has 0 aromatic heterocycles. The van der Waals surface area contributed by atoms with E-state index >= 15 is 0 Å². The smallest absolute Gasteiger partial charge is 0.254 e. The molecule has 1 aliphatic rings. The Labute approximate surface area is 156 Å². The second kappa shape index (κ2) is 8.98. The van der Waals surface area contributed by atoms with Crippen molar-refractivity contribution in [3.05, 3.63) is 29.3 Å². The minimum atomic E-state index is -3.57. The Bertz CT molecular complexity index is 705. The highest BCUT2D eigenvalue weighted by Gasteiger charge is 2.28. The van der Waals surface area contributed by atoms with E-state index in [0.29, 0.717) is 44.2 Å². The molecule has 0 radical (unpaired) electrons. The molecular formula is C17H28ClN3O3S. The van der Waals surface area contributed by atoms with Crippen molar-refractivity contribution in [2.45, 2.75) is 32.1 Å². The van der Waals surface area contributed by atoms with Crippen LogP contribution in [0.5, 0.6) is 0 Å². The van der Waals surface area contributed by atoms with Gasteiger partial charge in [0.05, 0.1) is 4.90 Å². The van der Waals surface area contributed by atoms with E-state index in [0.717, 1.165) is 12.0 Å². The number of carbonyl (C=O) groups excluding carboxylic acids is 1. The van der Waals surface area contributed by atoms with Gasteiger partial charge in [0.15, 0.2) is 0 Å². The lowest BCUT2D eigenvalue weighted by atomic mass is 10.1. The van der Waals surface area contributed by atoms with Gasteiger partial charge in [0.2, 0.25) is 10.0 Å². The van der Waals surface area contributed by atoms with Gasteiger partial charge < -0.3 is 10.6 Å². The Morgan fingerprint density at radius 3 is 2.48 bits per heavy atom. The molecule has 0 aliphatic carbocycles. The van der Waals surface area contributed by atoms with Crippen LogP contribution in [0.4, 0.5) is 0 Å². The molecule has 2 N–H and O–H groups in total. The Kier molecular flexibility index (Phi) is 7.87. The number of nitrogens with two attached hydrogens (primary N) is 1. The highest BCUT2D eigenvalue weighted by molar-refractivity contribution is 7.89. The highest BCUT2D eigenvalue weighted by atomic mass is 35.5. The maximum absolute atomic E-state index is 12.8. The van der Waals surface area contributed by atoms with Gasteiger partial charge in [-0.1, -0.05) is 19.9 Å². The van der Waals surface area contributed by atoms with Crippen LogP contribution in [0, 0.1) is 12.8 Å². The van der Waals surface area contributed by atoms with Crippen molar-refractivity contribution < 1.29 is 13.2 Å². The average molecular weight is 390 g/mol. The van der Waals surface area contributed by atoms with Crippen LogP contribution in [0.2, 0.25) is 0 Å². The van der Waals surface area contributed by atoms with Gasteiger partial charge in [-0.05, 0) is 43.5 Å². The zero-order valence-corrected chi connectivity index (χ0v) is 16.7. The van der Waals surface area contributed by atoms with E-state index < -0.39 is 10.0 Å². The molecule has 1 aromatic carbocycles. The van der Waals surface area contributed by atoms with Crippen LogP contribution in [0.25, 0.3) is 0 Å². The second-order valence-corrected chi connectivity index (χ2v) is 8.15. The third-order valence-corrected chi connectivity index (χ3v) is 6.73. The average Bonchev–Trinajstić information content (AvgIpc) is 3.04. The summed E-state index contributed by atoms with van der Waals surface area (Å²) in [6.07, 6.45) is 0.902. The van der Waals surface area contributed by atoms with E-state index in [2.05, 4.69) is 0 Å². The molecule has 0 saturated carbocycles. The number of sulfonamides is 1. The lowest BCUT2D eigenvalue weighted by Gasteiger charge is -2.21. The van der Waals surface area contributed by atoms with Crippen molar-refractivity contribution >= 4 is 28.3 Å². The second-order valence-electron chi connectivity index (χ2n) is 6.21. The molecule has 25 heavy (non-hydrogen) atoms. The van der Waals surface area contributed by atoms with Gasteiger partial charge >= 0.3 is 0 Å². The molecule has 1 fully saturated rings. The van der Waals surface area contributed by atoms with Crippen LogP contribution in [-0.4, -0.2) is 56.3 Å². The standard InChI is InChI=1S/C17H27N3O3S.ClH/c1-4-20(5-2)24(22,23)15-7-6-13(3)16(10-15)17(21)19-9-8-14(11-18)12-19;/h6-7,10,14H,4-5,8-9,11-12,18H2,1-3H3;1H. The van der Waals surface area contributed by atoms with Crippen molar-refractivity contribution in [3.8, 4) is 0 Å². The minimum absolute atomic E-state index is 0. The molecule has 1 saturated heterocycles. The Balaban J connectivity index is 0.00000312. The molecule has 2 rings (SSSR count). The predicted octanol–water partition coefficient (Wildman–Crippen LogP) is 1.87. The number of aryl methyl sites for hydroxylation is 1. The van der Waals surface area contributed by atoms with E-state index in [9.17, 15) is 13.2 Å². The SMILES string of the molecule is CCN(CC)S(=O)(=O)c1ccc(C)c(C(=O)N2CCC(CN)C2)c1.Cl. The first-order chi connectivity index (χ1) is 11.3. The topological polar surface area (TPSA) is 83.7 Å². The van der Waals surface area contributed by atoms with E-state index in [1.807, 2.05) is 6.92 Å². The fourth-order valence-corrected chi connectivity index (χ4v) is 4.57. The van der Waals surface area contributed by atoms with Crippen molar-refractivity contribution in [2.75, 3.05) is 32.7 Å². The molecule has 0 spiro atoms. The number of amides is 1. The molecule has 1 atom stereocenters. The summed E-state index contributed by atoms with van der Waals surface area (Å²) in [6.45, 7) is 8.13. The fourth-order valence-electron chi connectivity index (χ4n) is 3.08. The monoisotopic (exact) mass is 389 g/mol. The summed E-state index contributed by atoms with van der Waals surface area (Å²) in [5.41, 5.74) is 6.93. The Morgan fingerprint density at radius 2 is 1.96 bits per heavy atom. The van der Waals surface area contributed by atoms with Gasteiger partial charge in [-0.2, -0.15) is 4.31 Å². The van der Waals surface area contributed by atoms with E-state index in [4.69, 9.17) is 5.73 Å². The first-order valence-electron chi connectivity index (χ1n) is 8.45. The van der Waals surface area contributed by atoms with Gasteiger partial charge in [0, 0.05) is 31.7 Å². The van der Waals surface area contributed by atoms with Gasteiger partial charge in [-0.15, -0.1) is 12.4 Å². The predicted molar refractivity (Wildman–Crippen MR) is 102 cm³/mol. The van der Waals surface area contributed by atoms with E-state index in [1.54, 1.807) is 30.9 Å². The number of hydrogen-bond donors (Lipinski definition) is 1. The molecule has 8 heteroatoms. The summed E-state index contributed by atoms with van der Waals surface area (Å²) in [6, 6.07) is 4.80. The Morgan fingerprint density at radius 1 is 1.32 bits per heavy atom. The molecule has 1 amide bonds. The number of hydrogen-bond acceptors (Lipinski definition) is 4. The third kappa shape index (κ3) is 4.53. The van der Waals surface area contributed by atoms with Crippen LogP contribution in [0.1, 0.15) is 36.2 Å². The largest absolute Gasteiger partial charge is 0.338 e. The normalized spacial score (nSPS) is 17.6. The molecule has 1 aliphatic heterocycles. The number of carbonyl (C=O) groups is 1. The molecule has 1 unspecified atom stereocenters.